The molecule has 1 aliphatic heterocycles. The minimum Gasteiger partial charge on any atom is -0.495 e. The van der Waals surface area contributed by atoms with Crippen molar-refractivity contribution in [2.45, 2.75) is 6.54 Å². The Kier molecular flexibility index (Phi) is 5.99. The van der Waals surface area contributed by atoms with Crippen molar-refractivity contribution in [2.75, 3.05) is 38.2 Å². The molecule has 0 radical (unpaired) electrons. The average Bonchev–Trinajstić information content (AvgIpc) is 3.42. The smallest absolute Gasteiger partial charge is 0.351 e. The maximum Gasteiger partial charge on any atom is 0.351 e. The van der Waals surface area contributed by atoms with E-state index >= 15 is 0 Å². The van der Waals surface area contributed by atoms with E-state index in [1.165, 1.54) is 21.2 Å². The molecule has 3 heterocycles. The van der Waals surface area contributed by atoms with Gasteiger partial charge >= 0.3 is 5.69 Å². The number of nitrogens with zero attached hydrogens (tertiary/aromatic N) is 6. The summed E-state index contributed by atoms with van der Waals surface area (Å²) >= 11 is 0. The molecule has 38 heavy (non-hydrogen) atoms. The number of halogens is 1. The van der Waals surface area contributed by atoms with Crippen molar-refractivity contribution in [1.82, 2.24) is 24.1 Å². The molecule has 1 aliphatic rings. The van der Waals surface area contributed by atoms with Crippen molar-refractivity contribution < 1.29 is 13.9 Å². The van der Waals surface area contributed by atoms with Crippen molar-refractivity contribution in [3.05, 3.63) is 89.1 Å². The third kappa shape index (κ3) is 4.13. The first-order chi connectivity index (χ1) is 18.5. The molecule has 0 saturated carbocycles. The van der Waals surface area contributed by atoms with Crippen molar-refractivity contribution >= 4 is 28.1 Å². The molecule has 0 spiro atoms. The molecule has 0 atom stereocenters. The summed E-state index contributed by atoms with van der Waals surface area (Å²) in [5, 5.41) is 5.10. The molecule has 0 unspecified atom stereocenters. The standard InChI is InChI=1S/C28H25FN6O3/c1-38-24-9-5-4-8-23(24)32-14-16-33(17-15-32)25(36)18-34-22-7-3-2-6-21(22)27-30-26(31-35(27)28(34)37)19-10-12-20(29)13-11-19/h2-13H,14-18H2,1H3. The lowest BCUT2D eigenvalue weighted by atomic mass is 10.2. The topological polar surface area (TPSA) is 85.0 Å². The number of carbonyl (C=O) groups is 1. The van der Waals surface area contributed by atoms with Crippen molar-refractivity contribution in [3.8, 4) is 17.1 Å². The minimum absolute atomic E-state index is 0.115. The normalized spacial score (nSPS) is 13.8. The number of fused-ring (bicyclic) bond motifs is 3. The van der Waals surface area contributed by atoms with Crippen LogP contribution in [0.25, 0.3) is 27.9 Å². The zero-order valence-corrected chi connectivity index (χ0v) is 20.7. The van der Waals surface area contributed by atoms with E-state index in [0.29, 0.717) is 54.1 Å². The van der Waals surface area contributed by atoms with Crippen molar-refractivity contribution in [2.24, 2.45) is 0 Å². The van der Waals surface area contributed by atoms with E-state index in [1.807, 2.05) is 42.5 Å². The molecule has 1 fully saturated rings. The fourth-order valence-corrected chi connectivity index (χ4v) is 4.93. The van der Waals surface area contributed by atoms with Gasteiger partial charge in [0.15, 0.2) is 11.5 Å². The number of rotatable bonds is 5. The van der Waals surface area contributed by atoms with E-state index in [0.717, 1.165) is 11.4 Å². The zero-order chi connectivity index (χ0) is 26.2. The van der Waals surface area contributed by atoms with Gasteiger partial charge in [-0.2, -0.15) is 4.52 Å². The summed E-state index contributed by atoms with van der Waals surface area (Å²) in [4.78, 5) is 35.4. The predicted octanol–water partition coefficient (Wildman–Crippen LogP) is 3.21. The van der Waals surface area contributed by atoms with Crippen LogP contribution in [0, 0.1) is 5.82 Å². The molecule has 0 bridgehead atoms. The van der Waals surface area contributed by atoms with Crippen molar-refractivity contribution in [3.63, 3.8) is 0 Å². The number of hydrogen-bond donors (Lipinski definition) is 0. The molecule has 192 valence electrons. The second kappa shape index (κ2) is 9.62. The molecule has 5 aromatic rings. The van der Waals surface area contributed by atoms with E-state index in [1.54, 1.807) is 30.2 Å². The van der Waals surface area contributed by atoms with E-state index in [-0.39, 0.29) is 18.3 Å². The van der Waals surface area contributed by atoms with Crippen molar-refractivity contribution in [1.29, 1.82) is 0 Å². The summed E-state index contributed by atoms with van der Waals surface area (Å²) in [5.41, 5.74) is 2.12. The highest BCUT2D eigenvalue weighted by Crippen LogP contribution is 2.28. The Bertz CT molecular complexity index is 1700. The number of benzene rings is 3. The number of aromatic nitrogens is 4. The lowest BCUT2D eigenvalue weighted by Crippen LogP contribution is -2.50. The quantitative estimate of drug-likeness (QED) is 0.360. The van der Waals surface area contributed by atoms with Gasteiger partial charge in [-0.3, -0.25) is 9.36 Å². The Morgan fingerprint density at radius 3 is 2.42 bits per heavy atom. The highest BCUT2D eigenvalue weighted by atomic mass is 19.1. The Morgan fingerprint density at radius 2 is 1.66 bits per heavy atom. The monoisotopic (exact) mass is 512 g/mol. The summed E-state index contributed by atoms with van der Waals surface area (Å²) in [7, 11) is 1.65. The van der Waals surface area contributed by atoms with Crippen LogP contribution in [-0.2, 0) is 11.3 Å². The molecular formula is C28H25FN6O3. The van der Waals surface area contributed by atoms with Crippen LogP contribution in [0.4, 0.5) is 10.1 Å². The number of para-hydroxylation sites is 3. The second-order valence-corrected chi connectivity index (χ2v) is 9.10. The summed E-state index contributed by atoms with van der Waals surface area (Å²) in [6.07, 6.45) is 0. The number of piperazine rings is 1. The lowest BCUT2D eigenvalue weighted by Gasteiger charge is -2.36. The molecule has 3 aromatic carbocycles. The SMILES string of the molecule is COc1ccccc1N1CCN(C(=O)Cn2c(=O)n3nc(-c4ccc(F)cc4)nc3c3ccccc32)CC1. The molecule has 2 aromatic heterocycles. The fourth-order valence-electron chi connectivity index (χ4n) is 4.93. The first kappa shape index (κ1) is 23.7. The van der Waals surface area contributed by atoms with Crippen LogP contribution in [-0.4, -0.2) is 63.3 Å². The Hall–Kier alpha value is -4.73. The number of ether oxygens (including phenoxy) is 1. The maximum absolute atomic E-state index is 13.5. The Labute approximate surface area is 217 Å². The molecule has 0 N–H and O–H groups in total. The van der Waals surface area contributed by atoms with E-state index in [9.17, 15) is 14.0 Å². The molecule has 0 aliphatic carbocycles. The number of anilines is 1. The van der Waals surface area contributed by atoms with Crippen LogP contribution in [0.5, 0.6) is 5.75 Å². The number of carbonyl (C=O) groups excluding carboxylic acids is 1. The van der Waals surface area contributed by atoms with Crippen LogP contribution in [0.15, 0.2) is 77.6 Å². The van der Waals surface area contributed by atoms with Gasteiger partial charge in [-0.05, 0) is 48.5 Å². The lowest BCUT2D eigenvalue weighted by molar-refractivity contribution is -0.132. The van der Waals surface area contributed by atoms with Gasteiger partial charge in [0.05, 0.1) is 18.3 Å². The predicted molar refractivity (Wildman–Crippen MR) is 142 cm³/mol. The van der Waals surface area contributed by atoms with Gasteiger partial charge < -0.3 is 14.5 Å². The maximum atomic E-state index is 13.5. The highest BCUT2D eigenvalue weighted by molar-refractivity contribution is 5.92. The molecule has 6 rings (SSSR count). The number of methoxy groups -OCH3 is 1. The van der Waals surface area contributed by atoms with Gasteiger partial charge in [0, 0.05) is 37.1 Å². The number of hydrogen-bond acceptors (Lipinski definition) is 6. The Morgan fingerprint density at radius 1 is 0.947 bits per heavy atom. The van der Waals surface area contributed by atoms with Gasteiger partial charge in [-0.1, -0.05) is 24.3 Å². The van der Waals surface area contributed by atoms with Crippen LogP contribution < -0.4 is 15.3 Å². The molecular weight excluding hydrogens is 487 g/mol. The van der Waals surface area contributed by atoms with E-state index in [2.05, 4.69) is 15.0 Å². The van der Waals surface area contributed by atoms with Gasteiger partial charge in [-0.25, -0.2) is 14.2 Å². The van der Waals surface area contributed by atoms with E-state index < -0.39 is 5.69 Å². The van der Waals surface area contributed by atoms with Gasteiger partial charge in [0.1, 0.15) is 18.1 Å². The molecule has 10 heteroatoms. The minimum atomic E-state index is -0.458. The average molecular weight is 513 g/mol. The molecule has 9 nitrogen and oxygen atoms in total. The first-order valence-electron chi connectivity index (χ1n) is 12.3. The largest absolute Gasteiger partial charge is 0.495 e. The first-order valence-corrected chi connectivity index (χ1v) is 12.3. The summed E-state index contributed by atoms with van der Waals surface area (Å²) in [6, 6.07) is 20.9. The molecule has 1 saturated heterocycles. The third-order valence-electron chi connectivity index (χ3n) is 6.91. The van der Waals surface area contributed by atoms with Gasteiger partial charge in [0.25, 0.3) is 0 Å². The fraction of sp³-hybridized carbons (Fsp3) is 0.214. The third-order valence-corrected chi connectivity index (χ3v) is 6.91. The summed E-state index contributed by atoms with van der Waals surface area (Å²) in [6.45, 7) is 2.26. The second-order valence-electron chi connectivity index (χ2n) is 9.10. The Balaban J connectivity index is 1.29. The summed E-state index contributed by atoms with van der Waals surface area (Å²) < 4.78 is 21.6. The highest BCUT2D eigenvalue weighted by Gasteiger charge is 2.25. The van der Waals surface area contributed by atoms with Gasteiger partial charge in [-0.15, -0.1) is 5.10 Å². The molecule has 1 amide bonds. The van der Waals surface area contributed by atoms with Gasteiger partial charge in [0.2, 0.25) is 5.91 Å². The van der Waals surface area contributed by atoms with Crippen LogP contribution in [0.1, 0.15) is 0 Å². The summed E-state index contributed by atoms with van der Waals surface area (Å²) in [5.74, 6) is 0.595. The zero-order valence-electron chi connectivity index (χ0n) is 20.7. The van der Waals surface area contributed by atoms with Crippen LogP contribution in [0.3, 0.4) is 0 Å². The van der Waals surface area contributed by atoms with E-state index in [4.69, 9.17) is 4.74 Å². The number of amides is 1. The van der Waals surface area contributed by atoms with Crippen LogP contribution >= 0.6 is 0 Å². The van der Waals surface area contributed by atoms with Crippen LogP contribution in [0.2, 0.25) is 0 Å².